The van der Waals surface area contributed by atoms with E-state index in [0.29, 0.717) is 24.3 Å². The minimum atomic E-state index is -0.516. The van der Waals surface area contributed by atoms with E-state index in [1.165, 1.54) is 41.8 Å². The zero-order valence-electron chi connectivity index (χ0n) is 10.9. The molecule has 1 unspecified atom stereocenters. The number of hydrogen-bond acceptors (Lipinski definition) is 4. The molecule has 1 fully saturated rings. The molecule has 4 nitrogen and oxygen atoms in total. The number of halogens is 1. The molecule has 1 saturated heterocycles. The Bertz CT molecular complexity index is 597. The molecule has 1 aromatic carbocycles. The minimum absolute atomic E-state index is 0.00792. The van der Waals surface area contributed by atoms with Gasteiger partial charge in [-0.15, -0.1) is 0 Å². The van der Waals surface area contributed by atoms with Crippen molar-refractivity contribution < 1.29 is 14.0 Å². The second-order valence-corrected chi connectivity index (χ2v) is 5.85. The lowest BCUT2D eigenvalue weighted by Gasteiger charge is -2.17. The summed E-state index contributed by atoms with van der Waals surface area (Å²) in [6.45, 7) is 1.86. The van der Waals surface area contributed by atoms with Gasteiger partial charge in [0.05, 0.1) is 17.3 Å². The first-order valence-electron chi connectivity index (χ1n) is 6.14. The van der Waals surface area contributed by atoms with Crippen molar-refractivity contribution in [2.75, 3.05) is 17.2 Å². The maximum absolute atomic E-state index is 13.8. The van der Waals surface area contributed by atoms with Crippen molar-refractivity contribution in [1.82, 2.24) is 0 Å². The van der Waals surface area contributed by atoms with E-state index < -0.39 is 5.82 Å². The summed E-state index contributed by atoms with van der Waals surface area (Å²) in [5, 5.41) is 8.85. The predicted molar refractivity (Wildman–Crippen MR) is 74.7 cm³/mol. The maximum atomic E-state index is 13.8. The standard InChI is InChI=1S/C14H13FN2O2S/c1-9(18)20-8-11-5-14(19)17(7-11)13-4-10(6-16)2-3-12(13)15/h2-4,11H,5,7-8H2,1H3. The first-order valence-corrected chi connectivity index (χ1v) is 7.13. The molecule has 0 N–H and O–H groups in total. The van der Waals surface area contributed by atoms with Crippen LogP contribution in [0.5, 0.6) is 0 Å². The van der Waals surface area contributed by atoms with Gasteiger partial charge in [0.1, 0.15) is 5.82 Å². The third-order valence-electron chi connectivity index (χ3n) is 3.09. The lowest BCUT2D eigenvalue weighted by molar-refractivity contribution is -0.117. The third kappa shape index (κ3) is 3.17. The van der Waals surface area contributed by atoms with Crippen LogP contribution in [-0.2, 0) is 9.59 Å². The molecular weight excluding hydrogens is 279 g/mol. The van der Waals surface area contributed by atoms with E-state index in [0.717, 1.165) is 0 Å². The predicted octanol–water partition coefficient (Wildman–Crippen LogP) is 2.33. The number of carbonyl (C=O) groups excluding carboxylic acids is 2. The monoisotopic (exact) mass is 292 g/mol. The largest absolute Gasteiger partial charge is 0.309 e. The van der Waals surface area contributed by atoms with Gasteiger partial charge in [0.25, 0.3) is 0 Å². The fourth-order valence-electron chi connectivity index (χ4n) is 2.15. The average molecular weight is 292 g/mol. The van der Waals surface area contributed by atoms with E-state index in [4.69, 9.17) is 5.26 Å². The Morgan fingerprint density at radius 3 is 3.00 bits per heavy atom. The maximum Gasteiger partial charge on any atom is 0.227 e. The quantitative estimate of drug-likeness (QED) is 0.858. The number of carbonyl (C=O) groups is 2. The van der Waals surface area contributed by atoms with Crippen molar-refractivity contribution >= 4 is 28.5 Å². The molecule has 1 atom stereocenters. The van der Waals surface area contributed by atoms with E-state index in [-0.39, 0.29) is 22.6 Å². The summed E-state index contributed by atoms with van der Waals surface area (Å²) in [6, 6.07) is 5.88. The van der Waals surface area contributed by atoms with Crippen LogP contribution in [0, 0.1) is 23.1 Å². The first kappa shape index (κ1) is 14.5. The smallest absolute Gasteiger partial charge is 0.227 e. The van der Waals surface area contributed by atoms with E-state index in [1.54, 1.807) is 0 Å². The molecule has 0 aromatic heterocycles. The van der Waals surface area contributed by atoms with Gasteiger partial charge in [-0.1, -0.05) is 11.8 Å². The van der Waals surface area contributed by atoms with Crippen LogP contribution in [0.1, 0.15) is 18.9 Å². The normalized spacial score (nSPS) is 18.1. The number of nitrogens with zero attached hydrogens (tertiary/aromatic N) is 2. The molecule has 0 radical (unpaired) electrons. The van der Waals surface area contributed by atoms with E-state index in [9.17, 15) is 14.0 Å². The number of thioether (sulfide) groups is 1. The van der Waals surface area contributed by atoms with Crippen molar-refractivity contribution in [1.29, 1.82) is 5.26 Å². The van der Waals surface area contributed by atoms with Gasteiger partial charge >= 0.3 is 0 Å². The molecule has 1 amide bonds. The lowest BCUT2D eigenvalue weighted by atomic mass is 10.1. The number of anilines is 1. The highest BCUT2D eigenvalue weighted by Crippen LogP contribution is 2.29. The molecule has 0 bridgehead atoms. The van der Waals surface area contributed by atoms with Crippen LogP contribution in [-0.4, -0.2) is 23.3 Å². The topological polar surface area (TPSA) is 61.2 Å². The summed E-state index contributed by atoms with van der Waals surface area (Å²) in [7, 11) is 0. The molecule has 0 saturated carbocycles. The Morgan fingerprint density at radius 1 is 1.60 bits per heavy atom. The van der Waals surface area contributed by atoms with Gasteiger partial charge in [0.2, 0.25) is 5.91 Å². The van der Waals surface area contributed by atoms with E-state index in [2.05, 4.69) is 0 Å². The van der Waals surface area contributed by atoms with Gasteiger partial charge in [-0.2, -0.15) is 5.26 Å². The zero-order valence-corrected chi connectivity index (χ0v) is 11.7. The van der Waals surface area contributed by atoms with E-state index in [1.807, 2.05) is 6.07 Å². The SMILES string of the molecule is CC(=O)SCC1CC(=O)N(c2cc(C#N)ccc2F)C1. The Morgan fingerprint density at radius 2 is 2.35 bits per heavy atom. The van der Waals surface area contributed by atoms with Crippen molar-refractivity contribution in [3.63, 3.8) is 0 Å². The van der Waals surface area contributed by atoms with Crippen LogP contribution in [0.15, 0.2) is 18.2 Å². The molecule has 0 aliphatic carbocycles. The molecule has 104 valence electrons. The number of hydrogen-bond donors (Lipinski definition) is 0. The average Bonchev–Trinajstić information content (AvgIpc) is 2.78. The van der Waals surface area contributed by atoms with Crippen molar-refractivity contribution in [2.24, 2.45) is 5.92 Å². The molecule has 1 aromatic rings. The summed E-state index contributed by atoms with van der Waals surface area (Å²) in [6.07, 6.45) is 0.302. The summed E-state index contributed by atoms with van der Waals surface area (Å²) in [4.78, 5) is 24.3. The van der Waals surface area contributed by atoms with Gasteiger partial charge in [0.15, 0.2) is 5.12 Å². The molecule has 20 heavy (non-hydrogen) atoms. The molecule has 0 spiro atoms. The van der Waals surface area contributed by atoms with Crippen molar-refractivity contribution in [2.45, 2.75) is 13.3 Å². The lowest BCUT2D eigenvalue weighted by Crippen LogP contribution is -2.25. The number of rotatable bonds is 3. The van der Waals surface area contributed by atoms with Crippen LogP contribution in [0.4, 0.5) is 10.1 Å². The molecule has 1 heterocycles. The molecule has 1 aliphatic rings. The van der Waals surface area contributed by atoms with Crippen LogP contribution < -0.4 is 4.90 Å². The molecular formula is C14H13FN2O2S. The van der Waals surface area contributed by atoms with Crippen LogP contribution in [0.2, 0.25) is 0 Å². The number of benzene rings is 1. The van der Waals surface area contributed by atoms with Gasteiger partial charge in [-0.3, -0.25) is 9.59 Å². The summed E-state index contributed by atoms with van der Waals surface area (Å²) >= 11 is 1.18. The Labute approximate surface area is 120 Å². The first-order chi connectivity index (χ1) is 9.51. The third-order valence-corrected chi connectivity index (χ3v) is 4.14. The fraction of sp³-hybridized carbons (Fsp3) is 0.357. The summed E-state index contributed by atoms with van der Waals surface area (Å²) < 4.78 is 13.8. The van der Waals surface area contributed by atoms with Crippen LogP contribution in [0.3, 0.4) is 0 Å². The second kappa shape index (κ2) is 6.06. The minimum Gasteiger partial charge on any atom is -0.309 e. The molecule has 6 heteroatoms. The summed E-state index contributed by atoms with van der Waals surface area (Å²) in [5.41, 5.74) is 0.458. The Balaban J connectivity index is 2.16. The number of nitriles is 1. The summed E-state index contributed by atoms with van der Waals surface area (Å²) in [5.74, 6) is -0.108. The zero-order chi connectivity index (χ0) is 14.7. The van der Waals surface area contributed by atoms with Gasteiger partial charge in [0, 0.05) is 25.6 Å². The van der Waals surface area contributed by atoms with E-state index >= 15 is 0 Å². The molecule has 1 aliphatic heterocycles. The Kier molecular flexibility index (Phi) is 4.40. The second-order valence-electron chi connectivity index (χ2n) is 4.66. The van der Waals surface area contributed by atoms with Crippen molar-refractivity contribution in [3.05, 3.63) is 29.6 Å². The fourth-order valence-corrected chi connectivity index (χ4v) is 2.84. The van der Waals surface area contributed by atoms with Gasteiger partial charge in [-0.25, -0.2) is 4.39 Å². The van der Waals surface area contributed by atoms with Crippen LogP contribution in [0.25, 0.3) is 0 Å². The van der Waals surface area contributed by atoms with Gasteiger partial charge in [-0.05, 0) is 24.1 Å². The highest BCUT2D eigenvalue weighted by molar-refractivity contribution is 8.13. The van der Waals surface area contributed by atoms with Gasteiger partial charge < -0.3 is 4.90 Å². The Hall–Kier alpha value is -1.87. The molecule has 2 rings (SSSR count). The number of amides is 1. The highest BCUT2D eigenvalue weighted by atomic mass is 32.2. The van der Waals surface area contributed by atoms with Crippen LogP contribution >= 0.6 is 11.8 Å². The highest BCUT2D eigenvalue weighted by Gasteiger charge is 2.32. The van der Waals surface area contributed by atoms with Crippen molar-refractivity contribution in [3.8, 4) is 6.07 Å².